The maximum atomic E-state index is 5.78. The largest absolute Gasteiger partial charge is 0.530 e. The second-order valence-electron chi connectivity index (χ2n) is 3.59. The molecule has 0 fully saturated rings. The fraction of sp³-hybridized carbons (Fsp3) is 0.900. The standard InChI is InChI=1S/C10H23O3S4Si/c1-5-9(14,15)10(16,17)18(11-6-2,12-7-3)13-8-4/h14-17H,1,5-8H2,2-4H3. The summed E-state index contributed by atoms with van der Waals surface area (Å²) in [6.07, 6.45) is 0.397. The quantitative estimate of drug-likeness (QED) is 0.294. The van der Waals surface area contributed by atoms with Crippen LogP contribution < -0.4 is 0 Å². The van der Waals surface area contributed by atoms with Gasteiger partial charge in [0, 0.05) is 19.8 Å². The van der Waals surface area contributed by atoms with Gasteiger partial charge in [0.2, 0.25) is 0 Å². The van der Waals surface area contributed by atoms with Gasteiger partial charge in [0.15, 0.2) is 0 Å². The maximum absolute atomic E-state index is 5.78. The van der Waals surface area contributed by atoms with Gasteiger partial charge >= 0.3 is 8.80 Å². The Morgan fingerprint density at radius 2 is 1.22 bits per heavy atom. The summed E-state index contributed by atoms with van der Waals surface area (Å²) in [6, 6.07) is 0. The number of rotatable bonds is 9. The summed E-state index contributed by atoms with van der Waals surface area (Å²) in [5.74, 6) is 0. The number of hydrogen-bond acceptors (Lipinski definition) is 7. The minimum atomic E-state index is -3.14. The molecule has 0 heterocycles. The van der Waals surface area contributed by atoms with Crippen molar-refractivity contribution in [1.29, 1.82) is 0 Å². The number of thiol groups is 4. The molecular formula is C10H23O3S4Si. The molecule has 0 aliphatic rings. The molecule has 0 aliphatic heterocycles. The van der Waals surface area contributed by atoms with Crippen molar-refractivity contribution in [2.45, 2.75) is 35.0 Å². The summed E-state index contributed by atoms with van der Waals surface area (Å²) in [4.78, 5) is 0. The van der Waals surface area contributed by atoms with Crippen LogP contribution in [0.25, 0.3) is 0 Å². The van der Waals surface area contributed by atoms with Crippen LogP contribution in [0, 0.1) is 6.92 Å². The van der Waals surface area contributed by atoms with Crippen molar-refractivity contribution in [3.63, 3.8) is 0 Å². The Morgan fingerprint density at radius 1 is 0.889 bits per heavy atom. The molecule has 18 heavy (non-hydrogen) atoms. The van der Waals surface area contributed by atoms with E-state index in [1.165, 1.54) is 0 Å². The lowest BCUT2D eigenvalue weighted by atomic mass is 10.3. The molecule has 0 aromatic carbocycles. The van der Waals surface area contributed by atoms with E-state index in [9.17, 15) is 0 Å². The molecule has 8 heteroatoms. The Kier molecular flexibility index (Phi) is 8.74. The second-order valence-corrected chi connectivity index (χ2v) is 10.7. The lowest BCUT2D eigenvalue weighted by molar-refractivity contribution is 0.0660. The molecule has 0 aromatic rings. The third kappa shape index (κ3) is 4.00. The van der Waals surface area contributed by atoms with E-state index in [2.05, 4.69) is 57.4 Å². The maximum Gasteiger partial charge on any atom is 0.530 e. The van der Waals surface area contributed by atoms with Gasteiger partial charge in [-0.25, -0.2) is 0 Å². The second kappa shape index (κ2) is 8.07. The summed E-state index contributed by atoms with van der Waals surface area (Å²) in [7, 11) is -3.14. The fourth-order valence-corrected chi connectivity index (χ4v) is 6.23. The molecule has 0 aliphatic carbocycles. The smallest absolute Gasteiger partial charge is 0.372 e. The summed E-state index contributed by atoms with van der Waals surface area (Å²) < 4.78 is 15.4. The zero-order chi connectivity index (χ0) is 14.4. The van der Waals surface area contributed by atoms with Crippen LogP contribution in [0.3, 0.4) is 0 Å². The first-order chi connectivity index (χ1) is 8.24. The average Bonchev–Trinajstić information content (AvgIpc) is 2.29. The van der Waals surface area contributed by atoms with Crippen molar-refractivity contribution in [3.05, 3.63) is 6.92 Å². The highest BCUT2D eigenvalue weighted by atomic mass is 32.2. The SMILES string of the molecule is [CH2]CC(S)(S)C(S)(S)[Si](OCC)(OCC)OCC. The third-order valence-electron chi connectivity index (χ3n) is 2.34. The Bertz CT molecular complexity index is 234. The van der Waals surface area contributed by atoms with E-state index in [1.54, 1.807) is 0 Å². The molecule has 0 saturated carbocycles. The van der Waals surface area contributed by atoms with Crippen molar-refractivity contribution in [3.8, 4) is 0 Å². The van der Waals surface area contributed by atoms with E-state index >= 15 is 0 Å². The summed E-state index contributed by atoms with van der Waals surface area (Å²) in [6.45, 7) is 10.8. The zero-order valence-corrected chi connectivity index (χ0v) is 15.6. The first-order valence-corrected chi connectivity index (χ1v) is 9.36. The molecule has 0 rings (SSSR count). The van der Waals surface area contributed by atoms with Crippen LogP contribution in [0.5, 0.6) is 0 Å². The van der Waals surface area contributed by atoms with Crippen LogP contribution in [0.1, 0.15) is 27.2 Å². The topological polar surface area (TPSA) is 27.7 Å². The Labute approximate surface area is 134 Å². The lowest BCUT2D eigenvalue weighted by Crippen LogP contribution is -2.66. The van der Waals surface area contributed by atoms with E-state index in [4.69, 9.17) is 13.3 Å². The molecule has 0 spiro atoms. The summed E-state index contributed by atoms with van der Waals surface area (Å²) >= 11 is 18.1. The lowest BCUT2D eigenvalue weighted by Gasteiger charge is -2.46. The Morgan fingerprint density at radius 3 is 1.44 bits per heavy atom. The van der Waals surface area contributed by atoms with Crippen molar-refractivity contribution >= 4 is 59.3 Å². The average molecular weight is 348 g/mol. The summed E-state index contributed by atoms with van der Waals surface area (Å²) in [5, 5.41) is 0. The zero-order valence-electron chi connectivity index (χ0n) is 11.0. The van der Waals surface area contributed by atoms with E-state index in [0.717, 1.165) is 0 Å². The van der Waals surface area contributed by atoms with Crippen LogP contribution in [-0.4, -0.2) is 36.4 Å². The molecule has 1 radical (unpaired) electrons. The molecular weight excluding hydrogens is 324 g/mol. The van der Waals surface area contributed by atoms with Crippen molar-refractivity contribution in [2.24, 2.45) is 0 Å². The predicted octanol–water partition coefficient (Wildman–Crippen LogP) is 2.91. The predicted molar refractivity (Wildman–Crippen MR) is 92.0 cm³/mol. The Balaban J connectivity index is 5.50. The molecule has 0 unspecified atom stereocenters. The monoisotopic (exact) mass is 347 g/mol. The number of hydrogen-bond donors (Lipinski definition) is 4. The van der Waals surface area contributed by atoms with Crippen molar-refractivity contribution in [1.82, 2.24) is 0 Å². The minimum absolute atomic E-state index is 0.397. The van der Waals surface area contributed by atoms with Gasteiger partial charge in [0.1, 0.15) is 3.70 Å². The van der Waals surface area contributed by atoms with E-state index in [0.29, 0.717) is 26.2 Å². The van der Waals surface area contributed by atoms with Gasteiger partial charge in [0.05, 0.1) is 4.08 Å². The molecule has 0 saturated heterocycles. The molecule has 0 aromatic heterocycles. The first-order valence-electron chi connectivity index (χ1n) is 5.85. The highest BCUT2D eigenvalue weighted by molar-refractivity contribution is 8.10. The van der Waals surface area contributed by atoms with Gasteiger partial charge in [-0.2, -0.15) is 50.5 Å². The van der Waals surface area contributed by atoms with Gasteiger partial charge in [-0.05, 0) is 27.2 Å². The van der Waals surface area contributed by atoms with Crippen LogP contribution in [0.2, 0.25) is 0 Å². The van der Waals surface area contributed by atoms with Crippen LogP contribution in [0.4, 0.5) is 0 Å². The molecule has 0 N–H and O–H groups in total. The minimum Gasteiger partial charge on any atom is -0.372 e. The molecule has 0 amide bonds. The van der Waals surface area contributed by atoms with Crippen molar-refractivity contribution < 1.29 is 13.3 Å². The van der Waals surface area contributed by atoms with Crippen LogP contribution in [-0.2, 0) is 13.3 Å². The Hall–Kier alpha value is 1.50. The van der Waals surface area contributed by atoms with Gasteiger partial charge in [-0.3, -0.25) is 0 Å². The normalized spacial score (nSPS) is 14.0. The first kappa shape index (κ1) is 19.5. The van der Waals surface area contributed by atoms with E-state index in [-0.39, 0.29) is 0 Å². The van der Waals surface area contributed by atoms with Crippen LogP contribution in [0.15, 0.2) is 0 Å². The van der Waals surface area contributed by atoms with Crippen LogP contribution >= 0.6 is 50.5 Å². The van der Waals surface area contributed by atoms with Gasteiger partial charge < -0.3 is 13.3 Å². The third-order valence-corrected chi connectivity index (χ3v) is 10.3. The molecule has 0 atom stereocenters. The summed E-state index contributed by atoms with van der Waals surface area (Å²) in [5.41, 5.74) is 0. The highest BCUT2D eigenvalue weighted by Crippen LogP contribution is 2.50. The van der Waals surface area contributed by atoms with Gasteiger partial charge in [0.25, 0.3) is 0 Å². The van der Waals surface area contributed by atoms with Gasteiger partial charge in [-0.1, -0.05) is 6.92 Å². The molecule has 0 bridgehead atoms. The highest BCUT2D eigenvalue weighted by Gasteiger charge is 2.65. The molecule has 109 valence electrons. The molecule has 3 nitrogen and oxygen atoms in total. The van der Waals surface area contributed by atoms with Gasteiger partial charge in [-0.15, -0.1) is 0 Å². The van der Waals surface area contributed by atoms with E-state index in [1.807, 2.05) is 20.8 Å². The fourth-order valence-electron chi connectivity index (χ4n) is 1.42. The van der Waals surface area contributed by atoms with Crippen molar-refractivity contribution in [2.75, 3.05) is 19.8 Å². The van der Waals surface area contributed by atoms with E-state index < -0.39 is 16.6 Å².